The van der Waals surface area contributed by atoms with Crippen molar-refractivity contribution in [2.45, 2.75) is 45.2 Å². The van der Waals surface area contributed by atoms with Crippen molar-refractivity contribution in [3.05, 3.63) is 64.9 Å². The number of nitriles is 1. The Morgan fingerprint density at radius 1 is 1.16 bits per heavy atom. The molecule has 1 aliphatic rings. The van der Waals surface area contributed by atoms with Crippen LogP contribution in [0.1, 0.15) is 54.1 Å². The van der Waals surface area contributed by atoms with Crippen molar-refractivity contribution < 1.29 is 23.9 Å². The number of hydrogen-bond donors (Lipinski definition) is 3. The fourth-order valence-electron chi connectivity index (χ4n) is 4.31. The van der Waals surface area contributed by atoms with E-state index >= 15 is 0 Å². The molecule has 11 heteroatoms. The number of carbonyl (C=O) groups is 3. The van der Waals surface area contributed by atoms with Gasteiger partial charge in [0.2, 0.25) is 6.41 Å². The van der Waals surface area contributed by atoms with Gasteiger partial charge < -0.3 is 24.9 Å². The first-order chi connectivity index (χ1) is 20.9. The number of amides is 1. The molecule has 1 amide bonds. The third kappa shape index (κ3) is 12.3. The number of benzene rings is 2. The maximum Gasteiger partial charge on any atom is 0.206 e. The van der Waals surface area contributed by atoms with Crippen LogP contribution in [-0.2, 0) is 16.1 Å². The second kappa shape index (κ2) is 19.8. The molecule has 0 spiro atoms. The van der Waals surface area contributed by atoms with E-state index in [1.54, 1.807) is 20.2 Å². The molecule has 232 valence electrons. The first kappa shape index (κ1) is 35.0. The standard InChI is InChI=1S/C30H39N5O4.C2H5NO/c1-23(7-6-11-36)34(2)21-27-15-29(9-8-26(27)22-37)39-12-5-4-10-32-18-25-19-33-35(20-25)28-13-24(17-31)14-30(16-28)38-3;1-3-2-4/h8-9,11,13-16,20,22-23,32-33H,4-7,10,12,18-19,21H2,1-3H3;2H,1H3,(H,3,4). The highest BCUT2D eigenvalue weighted by Crippen LogP contribution is 2.25. The predicted molar refractivity (Wildman–Crippen MR) is 167 cm³/mol. The van der Waals surface area contributed by atoms with E-state index in [1.165, 1.54) is 5.57 Å². The zero-order chi connectivity index (χ0) is 31.5. The van der Waals surface area contributed by atoms with Gasteiger partial charge in [0, 0.05) is 57.0 Å². The quantitative estimate of drug-likeness (QED) is 0.175. The summed E-state index contributed by atoms with van der Waals surface area (Å²) < 4.78 is 11.3. The van der Waals surface area contributed by atoms with E-state index in [0.29, 0.717) is 42.9 Å². The number of methoxy groups -OCH3 is 1. The minimum Gasteiger partial charge on any atom is -0.497 e. The summed E-state index contributed by atoms with van der Waals surface area (Å²) in [7, 11) is 5.16. The monoisotopic (exact) mass is 592 g/mol. The summed E-state index contributed by atoms with van der Waals surface area (Å²) in [6, 6.07) is 13.4. The van der Waals surface area contributed by atoms with Crippen molar-refractivity contribution in [1.29, 1.82) is 5.26 Å². The Labute approximate surface area is 254 Å². The average Bonchev–Trinajstić information content (AvgIpc) is 3.52. The summed E-state index contributed by atoms with van der Waals surface area (Å²) >= 11 is 0. The Bertz CT molecular complexity index is 1250. The second-order valence-electron chi connectivity index (χ2n) is 10.1. The molecule has 0 fully saturated rings. The molecule has 3 N–H and O–H groups in total. The summed E-state index contributed by atoms with van der Waals surface area (Å²) in [5.41, 5.74) is 7.55. The third-order valence-corrected chi connectivity index (χ3v) is 6.92. The Morgan fingerprint density at radius 2 is 1.95 bits per heavy atom. The molecule has 43 heavy (non-hydrogen) atoms. The molecule has 11 nitrogen and oxygen atoms in total. The van der Waals surface area contributed by atoms with Gasteiger partial charge in [-0.05, 0) is 81.2 Å². The van der Waals surface area contributed by atoms with Gasteiger partial charge in [0.15, 0.2) is 0 Å². The molecule has 1 aliphatic heterocycles. The SMILES string of the molecule is CNC=O.COc1cc(C#N)cc(N2C=C(CNCCCCOc3ccc(C=O)c(CN(C)C(C)CCC=O)c3)CN2)c1. The molecule has 1 unspecified atom stereocenters. The highest BCUT2D eigenvalue weighted by Gasteiger charge is 2.15. The first-order valence-corrected chi connectivity index (χ1v) is 14.4. The fraction of sp³-hybridized carbons (Fsp3) is 0.438. The molecule has 1 heterocycles. The van der Waals surface area contributed by atoms with Gasteiger partial charge in [-0.25, -0.2) is 5.43 Å². The second-order valence-corrected chi connectivity index (χ2v) is 10.1. The van der Waals surface area contributed by atoms with Crippen LogP contribution in [0.25, 0.3) is 0 Å². The van der Waals surface area contributed by atoms with Crippen LogP contribution in [0.5, 0.6) is 11.5 Å². The number of anilines is 1. The van der Waals surface area contributed by atoms with Crippen LogP contribution >= 0.6 is 0 Å². The Balaban J connectivity index is 0.00000151. The van der Waals surface area contributed by atoms with Crippen LogP contribution in [0, 0.1) is 11.3 Å². The molecule has 0 bridgehead atoms. The van der Waals surface area contributed by atoms with Gasteiger partial charge in [-0.1, -0.05) is 0 Å². The summed E-state index contributed by atoms with van der Waals surface area (Å²) in [6.45, 7) is 5.68. The smallest absolute Gasteiger partial charge is 0.206 e. The molecule has 0 saturated carbocycles. The highest BCUT2D eigenvalue weighted by molar-refractivity contribution is 5.77. The predicted octanol–water partition coefficient (Wildman–Crippen LogP) is 3.20. The van der Waals surface area contributed by atoms with E-state index in [9.17, 15) is 14.9 Å². The topological polar surface area (TPSA) is 136 Å². The highest BCUT2D eigenvalue weighted by atomic mass is 16.5. The fourth-order valence-corrected chi connectivity index (χ4v) is 4.31. The van der Waals surface area contributed by atoms with E-state index in [1.807, 2.05) is 48.6 Å². The number of unbranched alkanes of at least 4 members (excludes halogenated alkanes) is 1. The van der Waals surface area contributed by atoms with Gasteiger partial charge in [0.1, 0.15) is 24.1 Å². The molecule has 3 rings (SSSR count). The van der Waals surface area contributed by atoms with Gasteiger partial charge in [0.25, 0.3) is 0 Å². The van der Waals surface area contributed by atoms with Crippen LogP contribution in [0.15, 0.2) is 48.2 Å². The molecule has 0 aliphatic carbocycles. The maximum atomic E-state index is 11.5. The van der Waals surface area contributed by atoms with Crippen LogP contribution in [-0.4, -0.2) is 77.4 Å². The zero-order valence-corrected chi connectivity index (χ0v) is 25.6. The average molecular weight is 593 g/mol. The normalized spacial score (nSPS) is 12.8. The van der Waals surface area contributed by atoms with Crippen LogP contribution in [0.4, 0.5) is 5.69 Å². The number of rotatable bonds is 18. The van der Waals surface area contributed by atoms with Crippen molar-refractivity contribution >= 4 is 24.7 Å². The molecule has 1 atom stereocenters. The number of ether oxygens (including phenoxy) is 2. The number of aldehydes is 2. The van der Waals surface area contributed by atoms with E-state index in [4.69, 9.17) is 14.3 Å². The minimum atomic E-state index is 0.240. The third-order valence-electron chi connectivity index (χ3n) is 6.92. The largest absolute Gasteiger partial charge is 0.497 e. The van der Waals surface area contributed by atoms with E-state index in [2.05, 4.69) is 34.0 Å². The molecule has 0 aromatic heterocycles. The summed E-state index contributed by atoms with van der Waals surface area (Å²) in [4.78, 5) is 33.4. The Hall–Kier alpha value is -4.24. The van der Waals surface area contributed by atoms with Gasteiger partial charge in [-0.3, -0.25) is 19.5 Å². The molecule has 2 aromatic rings. The minimum absolute atomic E-state index is 0.240. The lowest BCUT2D eigenvalue weighted by atomic mass is 10.1. The van der Waals surface area contributed by atoms with Crippen LogP contribution in [0.3, 0.4) is 0 Å². The number of nitrogens with zero attached hydrogens (tertiary/aromatic N) is 3. The van der Waals surface area contributed by atoms with Crippen LogP contribution < -0.4 is 30.5 Å². The van der Waals surface area contributed by atoms with E-state index in [-0.39, 0.29) is 6.04 Å². The molecule has 2 aromatic carbocycles. The van der Waals surface area contributed by atoms with E-state index < -0.39 is 0 Å². The summed E-state index contributed by atoms with van der Waals surface area (Å²) in [5.74, 6) is 1.41. The van der Waals surface area contributed by atoms with Crippen molar-refractivity contribution in [3.63, 3.8) is 0 Å². The van der Waals surface area contributed by atoms with Crippen molar-refractivity contribution in [2.24, 2.45) is 0 Å². The summed E-state index contributed by atoms with van der Waals surface area (Å²) in [6.07, 6.45) is 7.70. The van der Waals surface area contributed by atoms with Crippen LogP contribution in [0.2, 0.25) is 0 Å². The number of hydrazine groups is 1. The zero-order valence-electron chi connectivity index (χ0n) is 25.6. The van der Waals surface area contributed by atoms with Gasteiger partial charge in [-0.2, -0.15) is 5.26 Å². The lowest BCUT2D eigenvalue weighted by molar-refractivity contribution is -0.109. The van der Waals surface area contributed by atoms with Gasteiger partial charge in [-0.15, -0.1) is 0 Å². The molecule has 0 radical (unpaired) electrons. The number of carbonyl (C=O) groups excluding carboxylic acids is 3. The van der Waals surface area contributed by atoms with Crippen molar-refractivity contribution in [1.82, 2.24) is 21.0 Å². The molecule has 0 saturated heterocycles. The lowest BCUT2D eigenvalue weighted by Gasteiger charge is -2.25. The van der Waals surface area contributed by atoms with E-state index in [0.717, 1.165) is 68.5 Å². The van der Waals surface area contributed by atoms with Crippen molar-refractivity contribution in [2.75, 3.05) is 52.5 Å². The lowest BCUT2D eigenvalue weighted by Crippen LogP contribution is -2.29. The van der Waals surface area contributed by atoms with Gasteiger partial charge in [0.05, 0.1) is 31.0 Å². The molecular weight excluding hydrogens is 548 g/mol. The Kier molecular flexibility index (Phi) is 16.1. The summed E-state index contributed by atoms with van der Waals surface area (Å²) in [5, 5.41) is 16.9. The van der Waals surface area contributed by atoms with Gasteiger partial charge >= 0.3 is 0 Å². The van der Waals surface area contributed by atoms with Crippen molar-refractivity contribution in [3.8, 4) is 17.6 Å². The first-order valence-electron chi connectivity index (χ1n) is 14.4. The molecular formula is C32H44N6O5. The number of hydrogen-bond acceptors (Lipinski definition) is 10. The Morgan fingerprint density at radius 3 is 2.63 bits per heavy atom. The number of nitrogens with one attached hydrogen (secondary N) is 3. The maximum absolute atomic E-state index is 11.5.